The van der Waals surface area contributed by atoms with Gasteiger partial charge in [0.05, 0.1) is 5.57 Å². The lowest BCUT2D eigenvalue weighted by Gasteiger charge is -2.24. The molecule has 0 N–H and O–H groups in total. The van der Waals surface area contributed by atoms with E-state index >= 15 is 0 Å². The molecule has 0 atom stereocenters. The van der Waals surface area contributed by atoms with Gasteiger partial charge in [-0.15, -0.1) is 6.58 Å². The minimum absolute atomic E-state index is 0.134. The fourth-order valence-corrected chi connectivity index (χ4v) is 3.18. The molecule has 1 heterocycles. The lowest BCUT2D eigenvalue weighted by molar-refractivity contribution is -0.136. The van der Waals surface area contributed by atoms with E-state index in [0.717, 1.165) is 5.56 Å². The molecule has 3 rings (SSSR count). The number of hydrogen-bond donors (Lipinski definition) is 0. The molecule has 0 unspecified atom stereocenters. The van der Waals surface area contributed by atoms with Crippen LogP contribution in [0.3, 0.4) is 0 Å². The molecule has 1 aliphatic heterocycles. The molecule has 2 aromatic carbocycles. The second-order valence-corrected chi connectivity index (χ2v) is 6.24. The van der Waals surface area contributed by atoms with Crippen molar-refractivity contribution in [1.82, 2.24) is 9.80 Å². The molecular formula is C22H21FN2O2. The molecule has 138 valence electrons. The van der Waals surface area contributed by atoms with E-state index in [0.29, 0.717) is 29.9 Å². The Hall–Kier alpha value is -3.21. The molecule has 0 fully saturated rings. The van der Waals surface area contributed by atoms with Gasteiger partial charge in [0.2, 0.25) is 0 Å². The van der Waals surface area contributed by atoms with Crippen molar-refractivity contribution in [1.29, 1.82) is 0 Å². The largest absolute Gasteiger partial charge is 0.362 e. The lowest BCUT2D eigenvalue weighted by Crippen LogP contribution is -2.35. The quantitative estimate of drug-likeness (QED) is 0.557. The van der Waals surface area contributed by atoms with Gasteiger partial charge >= 0.3 is 0 Å². The highest BCUT2D eigenvalue weighted by molar-refractivity contribution is 6.35. The van der Waals surface area contributed by atoms with Crippen LogP contribution < -0.4 is 0 Å². The van der Waals surface area contributed by atoms with Crippen LogP contribution in [0.15, 0.2) is 72.9 Å². The minimum Gasteiger partial charge on any atom is -0.362 e. The van der Waals surface area contributed by atoms with E-state index in [1.165, 1.54) is 35.2 Å². The summed E-state index contributed by atoms with van der Waals surface area (Å²) in [6, 6.07) is 15.4. The van der Waals surface area contributed by atoms with E-state index in [-0.39, 0.29) is 18.4 Å². The zero-order chi connectivity index (χ0) is 19.4. The summed E-state index contributed by atoms with van der Waals surface area (Å²) in [5, 5.41) is 0. The average molecular weight is 364 g/mol. The highest BCUT2D eigenvalue weighted by atomic mass is 19.1. The Morgan fingerprint density at radius 2 is 1.70 bits per heavy atom. The van der Waals surface area contributed by atoms with Crippen molar-refractivity contribution in [3.05, 3.63) is 89.9 Å². The van der Waals surface area contributed by atoms with E-state index < -0.39 is 5.82 Å². The molecule has 2 amide bonds. The number of amides is 2. The summed E-state index contributed by atoms with van der Waals surface area (Å²) in [5.74, 6) is -1.12. The number of carbonyl (C=O) groups excluding carboxylic acids is 2. The lowest BCUT2D eigenvalue weighted by atomic mass is 10.0. The van der Waals surface area contributed by atoms with Crippen molar-refractivity contribution in [2.45, 2.75) is 13.5 Å². The highest BCUT2D eigenvalue weighted by Crippen LogP contribution is 2.32. The Balaban J connectivity index is 2.08. The van der Waals surface area contributed by atoms with Gasteiger partial charge in [0.25, 0.3) is 11.8 Å². The van der Waals surface area contributed by atoms with Gasteiger partial charge < -0.3 is 4.90 Å². The Labute approximate surface area is 158 Å². The zero-order valence-electron chi connectivity index (χ0n) is 15.2. The van der Waals surface area contributed by atoms with Gasteiger partial charge in [-0.25, -0.2) is 4.39 Å². The zero-order valence-corrected chi connectivity index (χ0v) is 15.2. The van der Waals surface area contributed by atoms with Gasteiger partial charge in [0, 0.05) is 19.6 Å². The van der Waals surface area contributed by atoms with Crippen LogP contribution in [0.1, 0.15) is 18.1 Å². The van der Waals surface area contributed by atoms with Gasteiger partial charge in [-0.1, -0.05) is 48.5 Å². The van der Waals surface area contributed by atoms with Crippen LogP contribution >= 0.6 is 0 Å². The molecule has 0 aliphatic carbocycles. The summed E-state index contributed by atoms with van der Waals surface area (Å²) in [7, 11) is 0. The van der Waals surface area contributed by atoms with Gasteiger partial charge in [-0.05, 0) is 30.2 Å². The second-order valence-electron chi connectivity index (χ2n) is 6.24. The number of nitrogens with zero attached hydrogens (tertiary/aromatic N) is 2. The minimum atomic E-state index is -0.391. The van der Waals surface area contributed by atoms with Gasteiger partial charge in [0.1, 0.15) is 11.5 Å². The predicted octanol–water partition coefficient (Wildman–Crippen LogP) is 3.61. The maximum Gasteiger partial charge on any atom is 0.278 e. The molecule has 27 heavy (non-hydrogen) atoms. The van der Waals surface area contributed by atoms with Crippen molar-refractivity contribution >= 4 is 17.4 Å². The molecule has 0 saturated carbocycles. The van der Waals surface area contributed by atoms with Crippen LogP contribution in [0.5, 0.6) is 0 Å². The third-order valence-electron chi connectivity index (χ3n) is 4.50. The first-order chi connectivity index (χ1) is 13.1. The Kier molecular flexibility index (Phi) is 5.50. The SMILES string of the molecule is C=CCN1C(=O)C(c2ccc(F)cc2)=C(N(CC)Cc2ccccc2)C1=O. The second kappa shape index (κ2) is 7.99. The number of benzene rings is 2. The third-order valence-corrected chi connectivity index (χ3v) is 4.50. The van der Waals surface area contributed by atoms with E-state index in [4.69, 9.17) is 0 Å². The number of likely N-dealkylation sites (N-methyl/N-ethyl adjacent to an activating group) is 1. The van der Waals surface area contributed by atoms with Crippen LogP contribution in [-0.4, -0.2) is 34.7 Å². The third kappa shape index (κ3) is 3.67. The van der Waals surface area contributed by atoms with Crippen molar-refractivity contribution in [2.24, 2.45) is 0 Å². The smallest absolute Gasteiger partial charge is 0.278 e. The first-order valence-corrected chi connectivity index (χ1v) is 8.83. The van der Waals surface area contributed by atoms with Crippen LogP contribution in [0, 0.1) is 5.82 Å². The highest BCUT2D eigenvalue weighted by Gasteiger charge is 2.40. The van der Waals surface area contributed by atoms with Gasteiger partial charge in [-0.2, -0.15) is 0 Å². The number of carbonyl (C=O) groups is 2. The Bertz CT molecular complexity index is 888. The Morgan fingerprint density at radius 3 is 2.30 bits per heavy atom. The average Bonchev–Trinajstić information content (AvgIpc) is 2.93. The molecule has 0 radical (unpaired) electrons. The van der Waals surface area contributed by atoms with Crippen molar-refractivity contribution in [2.75, 3.05) is 13.1 Å². The summed E-state index contributed by atoms with van der Waals surface area (Å²) in [4.78, 5) is 29.0. The first kappa shape index (κ1) is 18.6. The first-order valence-electron chi connectivity index (χ1n) is 8.83. The molecular weight excluding hydrogens is 343 g/mol. The van der Waals surface area contributed by atoms with Crippen LogP contribution in [-0.2, 0) is 16.1 Å². The molecule has 0 bridgehead atoms. The maximum absolute atomic E-state index is 13.4. The monoisotopic (exact) mass is 364 g/mol. The molecule has 5 heteroatoms. The predicted molar refractivity (Wildman–Crippen MR) is 103 cm³/mol. The van der Waals surface area contributed by atoms with Gasteiger partial charge in [-0.3, -0.25) is 14.5 Å². The summed E-state index contributed by atoms with van der Waals surface area (Å²) in [6.45, 7) is 6.75. The number of hydrogen-bond acceptors (Lipinski definition) is 3. The summed E-state index contributed by atoms with van der Waals surface area (Å²) < 4.78 is 13.4. The summed E-state index contributed by atoms with van der Waals surface area (Å²) in [6.07, 6.45) is 1.52. The molecule has 4 nitrogen and oxygen atoms in total. The number of rotatable bonds is 7. The standard InChI is InChI=1S/C22H21FN2O2/c1-3-14-25-21(26)19(17-10-12-18(23)13-11-17)20(22(25)27)24(4-2)15-16-8-6-5-7-9-16/h3,5-13H,1,4,14-15H2,2H3. The van der Waals surface area contributed by atoms with Crippen molar-refractivity contribution in [3.63, 3.8) is 0 Å². The molecule has 0 spiro atoms. The van der Waals surface area contributed by atoms with Crippen LogP contribution in [0.4, 0.5) is 4.39 Å². The fraction of sp³-hybridized carbons (Fsp3) is 0.182. The van der Waals surface area contributed by atoms with Crippen molar-refractivity contribution < 1.29 is 14.0 Å². The molecule has 2 aromatic rings. The van der Waals surface area contributed by atoms with Crippen molar-refractivity contribution in [3.8, 4) is 0 Å². The summed E-state index contributed by atoms with van der Waals surface area (Å²) in [5.41, 5.74) is 2.22. The number of halogens is 1. The van der Waals surface area contributed by atoms with Crippen LogP contribution in [0.2, 0.25) is 0 Å². The van der Waals surface area contributed by atoms with E-state index in [1.807, 2.05) is 42.2 Å². The van der Waals surface area contributed by atoms with Crippen LogP contribution in [0.25, 0.3) is 5.57 Å². The number of imide groups is 1. The van der Waals surface area contributed by atoms with Gasteiger partial charge in [0.15, 0.2) is 0 Å². The van der Waals surface area contributed by atoms with E-state index in [2.05, 4.69) is 6.58 Å². The molecule has 0 aromatic heterocycles. The van der Waals surface area contributed by atoms with E-state index in [9.17, 15) is 14.0 Å². The topological polar surface area (TPSA) is 40.6 Å². The molecule has 0 saturated heterocycles. The summed E-state index contributed by atoms with van der Waals surface area (Å²) >= 11 is 0. The Morgan fingerprint density at radius 1 is 1.04 bits per heavy atom. The maximum atomic E-state index is 13.4. The molecule has 1 aliphatic rings. The fourth-order valence-electron chi connectivity index (χ4n) is 3.18. The normalized spacial score (nSPS) is 14.1. The van der Waals surface area contributed by atoms with E-state index in [1.54, 1.807) is 0 Å².